The predicted octanol–water partition coefficient (Wildman–Crippen LogP) is 7.35. The van der Waals surface area contributed by atoms with Gasteiger partial charge in [0.15, 0.2) is 0 Å². The first-order chi connectivity index (χ1) is 12.7. The number of nitrogens with two attached hydrogens (primary N) is 1. The van der Waals surface area contributed by atoms with Gasteiger partial charge in [-0.3, -0.25) is 0 Å². The van der Waals surface area contributed by atoms with Crippen molar-refractivity contribution in [2.24, 2.45) is 5.73 Å². The second-order valence-corrected chi connectivity index (χ2v) is 7.59. The zero-order chi connectivity index (χ0) is 18.9. The first kappa shape index (κ1) is 29.8. The summed E-state index contributed by atoms with van der Waals surface area (Å²) >= 11 is 0. The van der Waals surface area contributed by atoms with Gasteiger partial charge >= 0.3 is 0 Å². The van der Waals surface area contributed by atoms with Crippen molar-refractivity contribution >= 4 is 24.8 Å². The average Bonchev–Trinajstić information content (AvgIpc) is 2.65. The number of nitrogens with one attached hydrogen (secondary N) is 1. The number of hydrogen-bond acceptors (Lipinski definition) is 2. The van der Waals surface area contributed by atoms with Crippen LogP contribution in [0.25, 0.3) is 0 Å². The molecule has 0 fully saturated rings. The summed E-state index contributed by atoms with van der Waals surface area (Å²) in [4.78, 5) is 0. The van der Waals surface area contributed by atoms with Crippen molar-refractivity contribution in [3.8, 4) is 0 Å². The monoisotopic (exact) mass is 436 g/mol. The fourth-order valence-electron chi connectivity index (χ4n) is 3.36. The van der Waals surface area contributed by atoms with Crippen molar-refractivity contribution in [2.45, 2.75) is 96.4 Å². The summed E-state index contributed by atoms with van der Waals surface area (Å²) in [5.74, 6) is -0.199. The Balaban J connectivity index is 0. The molecule has 1 aromatic carbocycles. The second-order valence-electron chi connectivity index (χ2n) is 7.59. The van der Waals surface area contributed by atoms with E-state index < -0.39 is 0 Å². The molecule has 0 amide bonds. The molecule has 28 heavy (non-hydrogen) atoms. The summed E-state index contributed by atoms with van der Waals surface area (Å²) in [7, 11) is 0. The predicted molar refractivity (Wildman–Crippen MR) is 126 cm³/mol. The zero-order valence-corrected chi connectivity index (χ0v) is 19.4. The quantitative estimate of drug-likeness (QED) is 0.250. The molecule has 0 bridgehead atoms. The Labute approximate surface area is 185 Å². The molecule has 0 aliphatic carbocycles. The molecule has 0 radical (unpaired) electrons. The van der Waals surface area contributed by atoms with E-state index in [-0.39, 0.29) is 36.7 Å². The molecule has 1 unspecified atom stereocenters. The molecule has 0 saturated heterocycles. The summed E-state index contributed by atoms with van der Waals surface area (Å²) in [6.07, 6.45) is 17.3. The van der Waals surface area contributed by atoms with E-state index in [1.165, 1.54) is 82.8 Å². The van der Waals surface area contributed by atoms with Crippen molar-refractivity contribution in [3.05, 3.63) is 35.6 Å². The minimum atomic E-state index is -0.199. The van der Waals surface area contributed by atoms with Gasteiger partial charge in [-0.15, -0.1) is 24.8 Å². The van der Waals surface area contributed by atoms with Gasteiger partial charge in [0, 0.05) is 6.04 Å². The molecule has 0 aliphatic rings. The van der Waals surface area contributed by atoms with Crippen molar-refractivity contribution in [3.63, 3.8) is 0 Å². The fourth-order valence-corrected chi connectivity index (χ4v) is 3.36. The smallest absolute Gasteiger partial charge is 0.123 e. The van der Waals surface area contributed by atoms with Crippen LogP contribution in [0.5, 0.6) is 0 Å². The molecule has 0 aliphatic heterocycles. The Kier molecular flexibility index (Phi) is 22.8. The Morgan fingerprint density at radius 2 is 1.21 bits per heavy atom. The van der Waals surface area contributed by atoms with E-state index >= 15 is 0 Å². The maximum absolute atomic E-state index is 12.9. The number of rotatable bonds is 17. The van der Waals surface area contributed by atoms with Crippen LogP contribution in [0.4, 0.5) is 4.39 Å². The minimum absolute atomic E-state index is 0. The lowest BCUT2D eigenvalue weighted by atomic mass is 10.0. The Morgan fingerprint density at radius 3 is 1.75 bits per heavy atom. The minimum Gasteiger partial charge on any atom is -0.324 e. The van der Waals surface area contributed by atoms with Gasteiger partial charge in [-0.1, -0.05) is 83.3 Å². The second kappa shape index (κ2) is 21.4. The summed E-state index contributed by atoms with van der Waals surface area (Å²) in [5.41, 5.74) is 7.17. The van der Waals surface area contributed by atoms with Crippen LogP contribution in [0.3, 0.4) is 0 Å². The molecular weight excluding hydrogens is 394 g/mol. The van der Waals surface area contributed by atoms with E-state index in [2.05, 4.69) is 12.2 Å². The van der Waals surface area contributed by atoms with Gasteiger partial charge in [0.05, 0.1) is 0 Å². The Morgan fingerprint density at radius 1 is 0.750 bits per heavy atom. The van der Waals surface area contributed by atoms with Crippen LogP contribution in [-0.4, -0.2) is 13.1 Å². The summed E-state index contributed by atoms with van der Waals surface area (Å²) in [6, 6.07) is 6.57. The van der Waals surface area contributed by atoms with Crippen LogP contribution >= 0.6 is 24.8 Å². The summed E-state index contributed by atoms with van der Waals surface area (Å²) in [6.45, 7) is 4.41. The lowest BCUT2D eigenvalue weighted by Crippen LogP contribution is -2.19. The highest BCUT2D eigenvalue weighted by Gasteiger charge is 2.05. The van der Waals surface area contributed by atoms with E-state index in [1.807, 2.05) is 0 Å². The number of unbranched alkanes of at least 4 members (excludes halogenated alkanes) is 10. The standard InChI is InChI=1S/C23H41FN2.2ClH/c1-2-3-4-5-6-7-8-9-10-11-12-19-26-20-13-14-23(25)21-15-17-22(24)18-16-21;;/h15-18,23,26H,2-14,19-20,25H2,1H3;2*1H. The lowest BCUT2D eigenvalue weighted by molar-refractivity contribution is 0.526. The van der Waals surface area contributed by atoms with E-state index in [4.69, 9.17) is 5.73 Å². The van der Waals surface area contributed by atoms with Crippen LogP contribution in [0.2, 0.25) is 0 Å². The van der Waals surface area contributed by atoms with Gasteiger partial charge in [0.2, 0.25) is 0 Å². The van der Waals surface area contributed by atoms with E-state index in [0.29, 0.717) is 0 Å². The number of halogens is 3. The van der Waals surface area contributed by atoms with E-state index in [1.54, 1.807) is 12.1 Å². The van der Waals surface area contributed by atoms with E-state index in [0.717, 1.165) is 31.5 Å². The molecule has 1 atom stereocenters. The molecule has 0 spiro atoms. The van der Waals surface area contributed by atoms with Crippen LogP contribution in [0, 0.1) is 5.82 Å². The maximum atomic E-state index is 12.9. The largest absolute Gasteiger partial charge is 0.324 e. The first-order valence-corrected chi connectivity index (χ1v) is 11.0. The van der Waals surface area contributed by atoms with Crippen LogP contribution < -0.4 is 11.1 Å². The van der Waals surface area contributed by atoms with Crippen molar-refractivity contribution in [1.82, 2.24) is 5.32 Å². The molecule has 166 valence electrons. The van der Waals surface area contributed by atoms with Gasteiger partial charge in [-0.05, 0) is 50.0 Å². The molecule has 0 heterocycles. The van der Waals surface area contributed by atoms with Gasteiger partial charge in [-0.2, -0.15) is 0 Å². The highest BCUT2D eigenvalue weighted by molar-refractivity contribution is 5.85. The highest BCUT2D eigenvalue weighted by atomic mass is 35.5. The molecular formula is C23H43Cl2FN2. The van der Waals surface area contributed by atoms with Gasteiger partial charge < -0.3 is 11.1 Å². The third-order valence-electron chi connectivity index (χ3n) is 5.12. The molecule has 1 aromatic rings. The highest BCUT2D eigenvalue weighted by Crippen LogP contribution is 2.16. The zero-order valence-electron chi connectivity index (χ0n) is 17.8. The van der Waals surface area contributed by atoms with Gasteiger partial charge in [0.25, 0.3) is 0 Å². The third-order valence-corrected chi connectivity index (χ3v) is 5.12. The van der Waals surface area contributed by atoms with E-state index in [9.17, 15) is 4.39 Å². The maximum Gasteiger partial charge on any atom is 0.123 e. The molecule has 0 aromatic heterocycles. The SMILES string of the molecule is CCCCCCCCCCCCCNCCCC(N)c1ccc(F)cc1.Cl.Cl. The average molecular weight is 438 g/mol. The van der Waals surface area contributed by atoms with Crippen molar-refractivity contribution in [1.29, 1.82) is 0 Å². The third kappa shape index (κ3) is 16.6. The normalized spacial score (nSPS) is 11.5. The molecule has 0 saturated carbocycles. The summed E-state index contributed by atoms with van der Waals surface area (Å²) < 4.78 is 12.9. The summed E-state index contributed by atoms with van der Waals surface area (Å²) in [5, 5.41) is 3.52. The van der Waals surface area contributed by atoms with Crippen LogP contribution in [-0.2, 0) is 0 Å². The molecule has 3 N–H and O–H groups in total. The van der Waals surface area contributed by atoms with Gasteiger partial charge in [-0.25, -0.2) is 4.39 Å². The van der Waals surface area contributed by atoms with Crippen molar-refractivity contribution < 1.29 is 4.39 Å². The number of benzene rings is 1. The Bertz CT molecular complexity index is 429. The van der Waals surface area contributed by atoms with Crippen LogP contribution in [0.15, 0.2) is 24.3 Å². The molecule has 2 nitrogen and oxygen atoms in total. The molecule has 5 heteroatoms. The first-order valence-electron chi connectivity index (χ1n) is 11.0. The fraction of sp³-hybridized carbons (Fsp3) is 0.739. The molecule has 1 rings (SSSR count). The van der Waals surface area contributed by atoms with Crippen molar-refractivity contribution in [2.75, 3.05) is 13.1 Å². The topological polar surface area (TPSA) is 38.0 Å². The Hall–Kier alpha value is -0.350. The lowest BCUT2D eigenvalue weighted by Gasteiger charge is -2.12. The van der Waals surface area contributed by atoms with Crippen LogP contribution in [0.1, 0.15) is 102 Å². The number of hydrogen-bond donors (Lipinski definition) is 2. The van der Waals surface area contributed by atoms with Gasteiger partial charge in [0.1, 0.15) is 5.82 Å².